The van der Waals surface area contributed by atoms with E-state index in [1.165, 1.54) is 6.20 Å². The van der Waals surface area contributed by atoms with Gasteiger partial charge < -0.3 is 15.2 Å². The summed E-state index contributed by atoms with van der Waals surface area (Å²) in [6.07, 6.45) is 1.81. The Morgan fingerprint density at radius 3 is 3.09 bits per heavy atom. The number of ether oxygens (including phenoxy) is 2. The highest BCUT2D eigenvalue weighted by atomic mass is 16.5. The van der Waals surface area contributed by atoms with Gasteiger partial charge in [0.2, 0.25) is 0 Å². The predicted octanol–water partition coefficient (Wildman–Crippen LogP) is 1.24. The summed E-state index contributed by atoms with van der Waals surface area (Å²) in [5.41, 5.74) is 6.87. The molecule has 7 heteroatoms. The Bertz CT molecular complexity index is 776. The summed E-state index contributed by atoms with van der Waals surface area (Å²) in [5.74, 6) is 0.816. The first-order chi connectivity index (χ1) is 10.6. The first-order valence-corrected chi connectivity index (χ1v) is 6.71. The maximum atomic E-state index is 12.5. The summed E-state index contributed by atoms with van der Waals surface area (Å²) < 4.78 is 11.9. The summed E-state index contributed by atoms with van der Waals surface area (Å²) in [6, 6.07) is 7.39. The third-order valence-electron chi connectivity index (χ3n) is 3.67. The second-order valence-corrected chi connectivity index (χ2v) is 4.99. The number of anilines is 1. The van der Waals surface area contributed by atoms with E-state index in [0.717, 1.165) is 16.0 Å². The van der Waals surface area contributed by atoms with Gasteiger partial charge in [0.15, 0.2) is 0 Å². The first kappa shape index (κ1) is 13.9. The van der Waals surface area contributed by atoms with E-state index >= 15 is 0 Å². The summed E-state index contributed by atoms with van der Waals surface area (Å²) in [5, 5.41) is 12.8. The lowest BCUT2D eigenvalue weighted by Crippen LogP contribution is -2.33. The van der Waals surface area contributed by atoms with Gasteiger partial charge in [0.1, 0.15) is 35.6 Å². The van der Waals surface area contributed by atoms with E-state index < -0.39 is 5.92 Å². The summed E-state index contributed by atoms with van der Waals surface area (Å²) in [7, 11) is 1.59. The van der Waals surface area contributed by atoms with Crippen molar-refractivity contribution in [3.8, 4) is 17.6 Å². The molecule has 2 N–H and O–H groups in total. The van der Waals surface area contributed by atoms with Crippen LogP contribution in [0.1, 0.15) is 15.9 Å². The summed E-state index contributed by atoms with van der Waals surface area (Å²) in [4.78, 5) is 12.5. The molecule has 112 valence electrons. The van der Waals surface area contributed by atoms with Crippen LogP contribution in [0.15, 0.2) is 24.4 Å². The molecule has 3 rings (SSSR count). The molecule has 2 heterocycles. The molecule has 1 aliphatic rings. The molecule has 1 aliphatic heterocycles. The lowest BCUT2D eigenvalue weighted by molar-refractivity contribution is 0.0753. The third kappa shape index (κ3) is 2.24. The van der Waals surface area contributed by atoms with Gasteiger partial charge in [-0.05, 0) is 18.1 Å². The maximum Gasteiger partial charge on any atom is 0.255 e. The minimum Gasteiger partial charge on any atom is -0.497 e. The van der Waals surface area contributed by atoms with E-state index in [1.807, 2.05) is 18.2 Å². The second kappa shape index (κ2) is 5.41. The number of fused-ring (bicyclic) bond motifs is 1. The van der Waals surface area contributed by atoms with Crippen molar-refractivity contribution < 1.29 is 14.3 Å². The Morgan fingerprint density at radius 2 is 2.41 bits per heavy atom. The number of nitrogen functional groups attached to an aromatic ring is 1. The van der Waals surface area contributed by atoms with Crippen molar-refractivity contribution in [3.05, 3.63) is 35.5 Å². The van der Waals surface area contributed by atoms with Crippen LogP contribution in [-0.4, -0.2) is 29.4 Å². The van der Waals surface area contributed by atoms with E-state index in [0.29, 0.717) is 12.2 Å². The van der Waals surface area contributed by atoms with Crippen molar-refractivity contribution in [2.45, 2.75) is 6.42 Å². The molecule has 1 aromatic carbocycles. The highest BCUT2D eigenvalue weighted by Crippen LogP contribution is 2.31. The van der Waals surface area contributed by atoms with Crippen LogP contribution < -0.4 is 15.2 Å². The van der Waals surface area contributed by atoms with Gasteiger partial charge in [-0.15, -0.1) is 0 Å². The summed E-state index contributed by atoms with van der Waals surface area (Å²) >= 11 is 0. The molecule has 7 nitrogen and oxygen atoms in total. The number of aromatic nitrogens is 2. The fourth-order valence-corrected chi connectivity index (χ4v) is 2.43. The Labute approximate surface area is 126 Å². The van der Waals surface area contributed by atoms with E-state index in [2.05, 4.69) is 5.10 Å². The molecule has 0 unspecified atom stereocenters. The zero-order valence-electron chi connectivity index (χ0n) is 11.9. The minimum absolute atomic E-state index is 0.0630. The zero-order valence-corrected chi connectivity index (χ0v) is 11.9. The lowest BCUT2D eigenvalue weighted by Gasteiger charge is -2.24. The molecule has 0 aliphatic carbocycles. The Kier molecular flexibility index (Phi) is 3.43. The molecule has 0 fully saturated rings. The molecule has 1 aromatic heterocycles. The lowest BCUT2D eigenvalue weighted by atomic mass is 9.96. The van der Waals surface area contributed by atoms with Crippen molar-refractivity contribution in [1.82, 2.24) is 9.78 Å². The van der Waals surface area contributed by atoms with E-state index in [-0.39, 0.29) is 23.9 Å². The van der Waals surface area contributed by atoms with Gasteiger partial charge >= 0.3 is 0 Å². The van der Waals surface area contributed by atoms with Crippen LogP contribution in [0.5, 0.6) is 11.5 Å². The van der Waals surface area contributed by atoms with E-state index in [4.69, 9.17) is 20.5 Å². The highest BCUT2D eigenvalue weighted by Gasteiger charge is 2.29. The van der Waals surface area contributed by atoms with Gasteiger partial charge in [-0.25, -0.2) is 0 Å². The van der Waals surface area contributed by atoms with Crippen LogP contribution in [0.3, 0.4) is 0 Å². The van der Waals surface area contributed by atoms with Crippen LogP contribution in [-0.2, 0) is 6.42 Å². The molecule has 1 atom stereocenters. The smallest absolute Gasteiger partial charge is 0.255 e. The number of benzene rings is 1. The first-order valence-electron chi connectivity index (χ1n) is 6.71. The molecule has 0 saturated heterocycles. The van der Waals surface area contributed by atoms with Crippen molar-refractivity contribution >= 4 is 11.7 Å². The molecule has 22 heavy (non-hydrogen) atoms. The maximum absolute atomic E-state index is 12.5. The molecule has 0 saturated carbocycles. The fourth-order valence-electron chi connectivity index (χ4n) is 2.43. The predicted molar refractivity (Wildman–Crippen MR) is 77.7 cm³/mol. The van der Waals surface area contributed by atoms with Crippen molar-refractivity contribution in [3.63, 3.8) is 0 Å². The topological polar surface area (TPSA) is 103 Å². The van der Waals surface area contributed by atoms with Crippen molar-refractivity contribution in [2.24, 2.45) is 5.92 Å². The third-order valence-corrected chi connectivity index (χ3v) is 3.67. The molecule has 0 radical (unpaired) electrons. The van der Waals surface area contributed by atoms with Gasteiger partial charge in [0.05, 0.1) is 19.2 Å². The van der Waals surface area contributed by atoms with Crippen LogP contribution in [0, 0.1) is 17.2 Å². The van der Waals surface area contributed by atoms with Crippen LogP contribution >= 0.6 is 0 Å². The number of nitrogens with zero attached hydrogens (tertiary/aromatic N) is 3. The van der Waals surface area contributed by atoms with Crippen LogP contribution in [0.25, 0.3) is 0 Å². The van der Waals surface area contributed by atoms with Crippen LogP contribution in [0.4, 0.5) is 5.82 Å². The average molecular weight is 298 g/mol. The van der Waals surface area contributed by atoms with Gasteiger partial charge in [-0.1, -0.05) is 6.07 Å². The zero-order chi connectivity index (χ0) is 15.7. The number of nitrogens with two attached hydrogens (primary N) is 1. The minimum atomic E-state index is -0.394. The average Bonchev–Trinajstić information content (AvgIpc) is 2.93. The molecule has 0 spiro atoms. The number of methoxy groups -OCH3 is 1. The Morgan fingerprint density at radius 1 is 1.59 bits per heavy atom. The van der Waals surface area contributed by atoms with Gasteiger partial charge in [0, 0.05) is 6.07 Å². The number of rotatable bonds is 2. The highest BCUT2D eigenvalue weighted by molar-refractivity contribution is 5.85. The monoisotopic (exact) mass is 298 g/mol. The van der Waals surface area contributed by atoms with Gasteiger partial charge in [0.25, 0.3) is 5.91 Å². The molecule has 0 bridgehead atoms. The van der Waals surface area contributed by atoms with E-state index in [9.17, 15) is 4.79 Å². The quantitative estimate of drug-likeness (QED) is 0.894. The van der Waals surface area contributed by atoms with Crippen molar-refractivity contribution in [2.75, 3.05) is 19.5 Å². The van der Waals surface area contributed by atoms with Gasteiger partial charge in [-0.3, -0.25) is 4.79 Å². The molecule has 0 amide bonds. The standard InChI is InChI=1S/C15H14N4O3/c1-21-12-3-2-9-4-10(8-22-13(9)5-12)15(20)19-14(17)11(6-16)7-18-19/h2-3,5,7,10H,4,8,17H2,1H3/t10-/m0/s1. The van der Waals surface area contributed by atoms with Crippen molar-refractivity contribution in [1.29, 1.82) is 5.26 Å². The number of carbonyl (C=O) groups is 1. The molecule has 2 aromatic rings. The normalized spacial score (nSPS) is 16.3. The Hall–Kier alpha value is -3.01. The number of carbonyl (C=O) groups excluding carboxylic acids is 1. The second-order valence-electron chi connectivity index (χ2n) is 4.99. The molecular weight excluding hydrogens is 284 g/mol. The fraction of sp³-hybridized carbons (Fsp3) is 0.267. The largest absolute Gasteiger partial charge is 0.497 e. The summed E-state index contributed by atoms with van der Waals surface area (Å²) in [6.45, 7) is 0.236. The Balaban J connectivity index is 1.83. The number of nitriles is 1. The van der Waals surface area contributed by atoms with Crippen LogP contribution in [0.2, 0.25) is 0 Å². The number of hydrogen-bond donors (Lipinski definition) is 1. The SMILES string of the molecule is COc1ccc2c(c1)OC[C@@H](C(=O)n1ncc(C#N)c1N)C2. The van der Waals surface area contributed by atoms with E-state index in [1.54, 1.807) is 13.2 Å². The molecular formula is C15H14N4O3. The number of hydrogen-bond acceptors (Lipinski definition) is 6. The van der Waals surface area contributed by atoms with Gasteiger partial charge in [-0.2, -0.15) is 15.0 Å².